The van der Waals surface area contributed by atoms with Crippen molar-refractivity contribution in [3.8, 4) is 45.8 Å². The Morgan fingerprint density at radius 3 is 1.79 bits per heavy atom. The maximum atomic E-state index is 4.83. The number of aromatic nitrogens is 9. The second-order valence-electron chi connectivity index (χ2n) is 8.25. The first-order valence-electron chi connectivity index (χ1n) is 10.9. The number of H-pyrrole nitrogens is 5. The largest absolute Gasteiger partial charge is 0.349 e. The van der Waals surface area contributed by atoms with E-state index in [-0.39, 0.29) is 0 Å². The number of nitrogens with zero attached hydrogens (tertiary/aromatic N) is 4. The Morgan fingerprint density at radius 1 is 0.618 bits per heavy atom. The van der Waals surface area contributed by atoms with Crippen LogP contribution in [0, 0.1) is 6.92 Å². The van der Waals surface area contributed by atoms with Gasteiger partial charge in [-0.1, -0.05) is 0 Å². The summed E-state index contributed by atoms with van der Waals surface area (Å²) in [6.07, 6.45) is 7.12. The van der Waals surface area contributed by atoms with E-state index in [1.54, 1.807) is 12.4 Å². The van der Waals surface area contributed by atoms with Gasteiger partial charge in [-0.25, -0.2) is 19.9 Å². The molecule has 7 aromatic rings. The first-order valence-corrected chi connectivity index (χ1v) is 10.9. The molecule has 0 fully saturated rings. The summed E-state index contributed by atoms with van der Waals surface area (Å²) in [5.74, 6) is 3.21. The second kappa shape index (κ2) is 7.04. The molecule has 0 aliphatic heterocycles. The number of imidazole rings is 4. The Morgan fingerprint density at radius 2 is 1.21 bits per heavy atom. The number of fused-ring (bicyclic) bond motifs is 2. The molecule has 5 aromatic heterocycles. The molecule has 0 aliphatic carbocycles. The zero-order chi connectivity index (χ0) is 22.6. The lowest BCUT2D eigenvalue weighted by molar-refractivity contribution is 1.23. The third kappa shape index (κ3) is 2.95. The van der Waals surface area contributed by atoms with Crippen LogP contribution in [0.3, 0.4) is 0 Å². The standard InChI is InChI=1S/C25H19N9/c1-13-10-20(24-31-16-4-2-14(11-18(16)33-24)22-26-6-7-27-22)30-21(13)25-32-17-5-3-15(12-19(17)34-25)23-28-8-9-29-23/h2-12,30H,1H3,(H,26,27)(H,28,29)(H,31,33)(H,32,34). The minimum absolute atomic E-state index is 0.775. The molecule has 0 atom stereocenters. The molecule has 34 heavy (non-hydrogen) atoms. The van der Waals surface area contributed by atoms with E-state index in [4.69, 9.17) is 9.97 Å². The lowest BCUT2D eigenvalue weighted by Crippen LogP contribution is -1.84. The van der Waals surface area contributed by atoms with Gasteiger partial charge in [0.25, 0.3) is 0 Å². The van der Waals surface area contributed by atoms with E-state index in [1.165, 1.54) is 0 Å². The predicted molar refractivity (Wildman–Crippen MR) is 131 cm³/mol. The van der Waals surface area contributed by atoms with E-state index in [9.17, 15) is 0 Å². The lowest BCUT2D eigenvalue weighted by atomic mass is 10.2. The highest BCUT2D eigenvalue weighted by Gasteiger charge is 2.15. The Balaban J connectivity index is 1.26. The smallest absolute Gasteiger partial charge is 0.155 e. The predicted octanol–water partition coefficient (Wildman–Crippen LogP) is 5.19. The van der Waals surface area contributed by atoms with Crippen molar-refractivity contribution < 1.29 is 0 Å². The molecule has 0 saturated heterocycles. The first kappa shape index (κ1) is 18.6. The minimum atomic E-state index is 0.775. The Labute approximate surface area is 192 Å². The number of hydrogen-bond donors (Lipinski definition) is 5. The van der Waals surface area contributed by atoms with Crippen molar-refractivity contribution in [2.75, 3.05) is 0 Å². The van der Waals surface area contributed by atoms with Gasteiger partial charge in [-0.15, -0.1) is 0 Å². The highest BCUT2D eigenvalue weighted by molar-refractivity contribution is 5.85. The SMILES string of the molecule is Cc1cc(-c2nc3cc(-c4ncc[nH]4)ccc3[nH]2)[nH]c1-c1nc2cc(-c3ncc[nH]3)ccc2[nH]1. The summed E-state index contributed by atoms with van der Waals surface area (Å²) in [5, 5.41) is 0. The Bertz CT molecular complexity index is 1760. The third-order valence-electron chi connectivity index (χ3n) is 6.02. The molecule has 0 aliphatic rings. The average molecular weight is 445 g/mol. The van der Waals surface area contributed by atoms with Crippen LogP contribution in [0.2, 0.25) is 0 Å². The first-order chi connectivity index (χ1) is 16.7. The number of benzene rings is 2. The molecular formula is C25H19N9. The molecule has 0 unspecified atom stereocenters. The molecule has 0 amide bonds. The van der Waals surface area contributed by atoms with Crippen LogP contribution in [0.15, 0.2) is 67.3 Å². The van der Waals surface area contributed by atoms with Gasteiger partial charge in [-0.3, -0.25) is 0 Å². The maximum absolute atomic E-state index is 4.83. The van der Waals surface area contributed by atoms with Gasteiger partial charge in [-0.2, -0.15) is 0 Å². The fourth-order valence-electron chi connectivity index (χ4n) is 4.33. The van der Waals surface area contributed by atoms with Crippen LogP contribution >= 0.6 is 0 Å². The summed E-state index contributed by atoms with van der Waals surface area (Å²) in [6, 6.07) is 14.3. The molecule has 0 saturated carbocycles. The van der Waals surface area contributed by atoms with Gasteiger partial charge in [0, 0.05) is 35.9 Å². The van der Waals surface area contributed by atoms with E-state index in [0.29, 0.717) is 0 Å². The average Bonchev–Trinajstić information content (AvgIpc) is 3.66. The highest BCUT2D eigenvalue weighted by Crippen LogP contribution is 2.30. The molecular weight excluding hydrogens is 426 g/mol. The monoisotopic (exact) mass is 445 g/mol. The summed E-state index contributed by atoms with van der Waals surface area (Å²) >= 11 is 0. The Kier molecular flexibility index (Phi) is 3.86. The van der Waals surface area contributed by atoms with Crippen molar-refractivity contribution in [2.24, 2.45) is 0 Å². The molecule has 5 N–H and O–H groups in total. The van der Waals surface area contributed by atoms with Crippen LogP contribution in [-0.4, -0.2) is 44.9 Å². The van der Waals surface area contributed by atoms with Gasteiger partial charge < -0.3 is 24.9 Å². The third-order valence-corrected chi connectivity index (χ3v) is 6.02. The van der Waals surface area contributed by atoms with Crippen LogP contribution in [0.4, 0.5) is 0 Å². The second-order valence-corrected chi connectivity index (χ2v) is 8.25. The summed E-state index contributed by atoms with van der Waals surface area (Å²) in [5.41, 5.74) is 8.61. The van der Waals surface area contributed by atoms with Crippen LogP contribution in [0.25, 0.3) is 67.9 Å². The molecule has 5 heterocycles. The summed E-state index contributed by atoms with van der Waals surface area (Å²) < 4.78 is 0. The number of nitrogens with one attached hydrogen (secondary N) is 5. The maximum Gasteiger partial charge on any atom is 0.155 e. The van der Waals surface area contributed by atoms with Gasteiger partial charge in [0.15, 0.2) is 11.6 Å². The molecule has 9 heteroatoms. The Hall–Kier alpha value is -4.92. The van der Waals surface area contributed by atoms with E-state index in [1.807, 2.05) is 48.8 Å². The number of rotatable bonds is 4. The molecule has 0 bridgehead atoms. The van der Waals surface area contributed by atoms with Gasteiger partial charge in [0.05, 0.1) is 33.5 Å². The van der Waals surface area contributed by atoms with Crippen LogP contribution in [0.5, 0.6) is 0 Å². The minimum Gasteiger partial charge on any atom is -0.349 e. The van der Waals surface area contributed by atoms with Crippen molar-refractivity contribution in [2.45, 2.75) is 6.92 Å². The zero-order valence-corrected chi connectivity index (χ0v) is 18.1. The van der Waals surface area contributed by atoms with Crippen molar-refractivity contribution in [1.82, 2.24) is 44.9 Å². The molecule has 0 spiro atoms. The van der Waals surface area contributed by atoms with Crippen LogP contribution < -0.4 is 0 Å². The van der Waals surface area contributed by atoms with Crippen molar-refractivity contribution in [3.63, 3.8) is 0 Å². The zero-order valence-electron chi connectivity index (χ0n) is 18.1. The van der Waals surface area contributed by atoms with Crippen molar-refractivity contribution >= 4 is 22.1 Å². The fraction of sp³-hybridized carbons (Fsp3) is 0.0400. The number of aromatic amines is 5. The van der Waals surface area contributed by atoms with Gasteiger partial charge in [0.2, 0.25) is 0 Å². The van der Waals surface area contributed by atoms with E-state index in [0.717, 1.165) is 73.4 Å². The molecule has 0 radical (unpaired) electrons. The van der Waals surface area contributed by atoms with Crippen molar-refractivity contribution in [1.29, 1.82) is 0 Å². The topological polar surface area (TPSA) is 131 Å². The van der Waals surface area contributed by atoms with Gasteiger partial charge in [0.1, 0.15) is 11.6 Å². The number of aryl methyl sites for hydroxylation is 1. The normalized spacial score (nSPS) is 11.7. The molecule has 2 aromatic carbocycles. The summed E-state index contributed by atoms with van der Waals surface area (Å²) in [6.45, 7) is 2.06. The molecule has 7 rings (SSSR count). The summed E-state index contributed by atoms with van der Waals surface area (Å²) in [7, 11) is 0. The fourth-order valence-corrected chi connectivity index (χ4v) is 4.33. The van der Waals surface area contributed by atoms with Gasteiger partial charge >= 0.3 is 0 Å². The summed E-state index contributed by atoms with van der Waals surface area (Å²) in [4.78, 5) is 34.9. The van der Waals surface area contributed by atoms with E-state index >= 15 is 0 Å². The van der Waals surface area contributed by atoms with Gasteiger partial charge in [-0.05, 0) is 55.0 Å². The van der Waals surface area contributed by atoms with E-state index < -0.39 is 0 Å². The van der Waals surface area contributed by atoms with Crippen molar-refractivity contribution in [3.05, 3.63) is 72.8 Å². The molecule has 164 valence electrons. The van der Waals surface area contributed by atoms with Crippen LogP contribution in [-0.2, 0) is 0 Å². The lowest BCUT2D eigenvalue weighted by Gasteiger charge is -1.95. The highest BCUT2D eigenvalue weighted by atomic mass is 15.0. The number of hydrogen-bond acceptors (Lipinski definition) is 4. The molecule has 9 nitrogen and oxygen atoms in total. The van der Waals surface area contributed by atoms with Crippen LogP contribution in [0.1, 0.15) is 5.56 Å². The quantitative estimate of drug-likeness (QED) is 0.255. The van der Waals surface area contributed by atoms with E-state index in [2.05, 4.69) is 47.9 Å².